The molecular formula is C18H15N3O4S2. The van der Waals surface area contributed by atoms with E-state index in [1.165, 1.54) is 18.4 Å². The van der Waals surface area contributed by atoms with Gasteiger partial charge in [0.2, 0.25) is 0 Å². The van der Waals surface area contributed by atoms with Gasteiger partial charge in [-0.3, -0.25) is 14.4 Å². The Morgan fingerprint density at radius 1 is 1.07 bits per heavy atom. The van der Waals surface area contributed by atoms with Crippen molar-refractivity contribution >= 4 is 46.1 Å². The first-order valence-corrected chi connectivity index (χ1v) is 9.58. The van der Waals surface area contributed by atoms with Crippen LogP contribution >= 0.6 is 22.7 Å². The average Bonchev–Trinajstić information content (AvgIpc) is 3.37. The molecule has 0 spiro atoms. The number of carbonyl (C=O) groups is 3. The summed E-state index contributed by atoms with van der Waals surface area (Å²) in [5.41, 5.74) is 1.24. The summed E-state index contributed by atoms with van der Waals surface area (Å²) in [5, 5.41) is 9.65. The lowest BCUT2D eigenvalue weighted by atomic mass is 10.2. The van der Waals surface area contributed by atoms with Crippen molar-refractivity contribution in [3.63, 3.8) is 0 Å². The van der Waals surface area contributed by atoms with Gasteiger partial charge in [0.05, 0.1) is 12.0 Å². The van der Waals surface area contributed by atoms with E-state index in [0.717, 1.165) is 9.88 Å². The van der Waals surface area contributed by atoms with Gasteiger partial charge in [-0.05, 0) is 35.7 Å². The molecule has 7 nitrogen and oxygen atoms in total. The molecule has 0 unspecified atom stereocenters. The van der Waals surface area contributed by atoms with Crippen molar-refractivity contribution in [1.82, 2.24) is 10.3 Å². The van der Waals surface area contributed by atoms with Crippen LogP contribution in [-0.4, -0.2) is 36.4 Å². The summed E-state index contributed by atoms with van der Waals surface area (Å²) in [6.07, 6.45) is 0. The number of amides is 2. The number of anilines is 1. The number of hydrogen-bond acceptors (Lipinski definition) is 7. The molecule has 0 saturated carbocycles. The van der Waals surface area contributed by atoms with Gasteiger partial charge in [-0.1, -0.05) is 6.07 Å². The van der Waals surface area contributed by atoms with Crippen LogP contribution in [0.3, 0.4) is 0 Å². The van der Waals surface area contributed by atoms with E-state index in [0.29, 0.717) is 16.9 Å². The van der Waals surface area contributed by atoms with Crippen molar-refractivity contribution in [2.45, 2.75) is 0 Å². The molecule has 0 radical (unpaired) electrons. The maximum atomic E-state index is 12.3. The summed E-state index contributed by atoms with van der Waals surface area (Å²) >= 11 is 2.98. The summed E-state index contributed by atoms with van der Waals surface area (Å²) in [7, 11) is 1.25. The lowest BCUT2D eigenvalue weighted by Crippen LogP contribution is -2.30. The average molecular weight is 401 g/mol. The Hall–Kier alpha value is -3.04. The van der Waals surface area contributed by atoms with Crippen molar-refractivity contribution in [3.8, 4) is 9.88 Å². The van der Waals surface area contributed by atoms with E-state index < -0.39 is 11.9 Å². The van der Waals surface area contributed by atoms with Crippen LogP contribution in [-0.2, 0) is 9.53 Å². The number of thiazole rings is 1. The molecule has 3 aromatic rings. The molecule has 2 amide bonds. The predicted octanol–water partition coefficient (Wildman–Crippen LogP) is 3.03. The van der Waals surface area contributed by atoms with Crippen molar-refractivity contribution in [2.24, 2.45) is 0 Å². The van der Waals surface area contributed by atoms with E-state index in [2.05, 4.69) is 20.4 Å². The number of aromatic nitrogens is 1. The molecule has 2 aromatic heterocycles. The summed E-state index contributed by atoms with van der Waals surface area (Å²) in [6.45, 7) is -0.204. The SMILES string of the molecule is COC(=O)CNC(=O)c1ccc(NC(=O)c2csc(-c3cccs3)n2)cc1. The molecule has 0 saturated heterocycles. The van der Waals surface area contributed by atoms with Gasteiger partial charge in [0.25, 0.3) is 11.8 Å². The smallest absolute Gasteiger partial charge is 0.325 e. The molecule has 2 N–H and O–H groups in total. The second-order valence-corrected chi connectivity index (χ2v) is 7.11. The lowest BCUT2D eigenvalue weighted by Gasteiger charge is -2.06. The first-order chi connectivity index (χ1) is 13.1. The molecule has 0 atom stereocenters. The van der Waals surface area contributed by atoms with E-state index in [1.54, 1.807) is 41.0 Å². The second-order valence-electron chi connectivity index (χ2n) is 5.31. The van der Waals surface area contributed by atoms with E-state index in [-0.39, 0.29) is 12.5 Å². The van der Waals surface area contributed by atoms with E-state index in [4.69, 9.17) is 0 Å². The molecule has 138 valence electrons. The molecular weight excluding hydrogens is 386 g/mol. The quantitative estimate of drug-likeness (QED) is 0.619. The molecule has 0 fully saturated rings. The summed E-state index contributed by atoms with van der Waals surface area (Å²) in [4.78, 5) is 40.7. The standard InChI is InChI=1S/C18H15N3O4S2/c1-25-15(22)9-19-16(23)11-4-6-12(7-5-11)20-17(24)13-10-27-18(21-13)14-3-2-8-26-14/h2-8,10H,9H2,1H3,(H,19,23)(H,20,24). The fourth-order valence-corrected chi connectivity index (χ4v) is 3.73. The number of rotatable bonds is 6. The molecule has 0 aliphatic carbocycles. The third-order valence-corrected chi connectivity index (χ3v) is 5.38. The van der Waals surface area contributed by atoms with Crippen molar-refractivity contribution in [2.75, 3.05) is 19.0 Å². The summed E-state index contributed by atoms with van der Waals surface area (Å²) in [6, 6.07) is 10.2. The topological polar surface area (TPSA) is 97.4 Å². The van der Waals surface area contributed by atoms with Gasteiger partial charge in [-0.2, -0.15) is 0 Å². The Morgan fingerprint density at radius 3 is 2.52 bits per heavy atom. The minimum absolute atomic E-state index is 0.204. The highest BCUT2D eigenvalue weighted by molar-refractivity contribution is 7.20. The van der Waals surface area contributed by atoms with Gasteiger partial charge in [0, 0.05) is 16.6 Å². The van der Waals surface area contributed by atoms with E-state index in [9.17, 15) is 14.4 Å². The normalized spacial score (nSPS) is 10.3. The first kappa shape index (κ1) is 18.7. The number of carbonyl (C=O) groups excluding carboxylic acids is 3. The lowest BCUT2D eigenvalue weighted by molar-refractivity contribution is -0.139. The van der Waals surface area contributed by atoms with Crippen LogP contribution in [0, 0.1) is 0 Å². The van der Waals surface area contributed by atoms with Crippen LogP contribution in [0.15, 0.2) is 47.2 Å². The highest BCUT2D eigenvalue weighted by Gasteiger charge is 2.13. The maximum Gasteiger partial charge on any atom is 0.325 e. The minimum Gasteiger partial charge on any atom is -0.468 e. The highest BCUT2D eigenvalue weighted by Crippen LogP contribution is 2.28. The van der Waals surface area contributed by atoms with Gasteiger partial charge >= 0.3 is 5.97 Å². The summed E-state index contributed by atoms with van der Waals surface area (Å²) in [5.74, 6) is -1.26. The monoisotopic (exact) mass is 401 g/mol. The largest absolute Gasteiger partial charge is 0.468 e. The number of thiophene rings is 1. The number of nitrogens with one attached hydrogen (secondary N) is 2. The minimum atomic E-state index is -0.530. The molecule has 3 rings (SSSR count). The zero-order valence-corrected chi connectivity index (χ0v) is 15.9. The Labute approximate surface area is 163 Å². The van der Waals surface area contributed by atoms with Crippen molar-refractivity contribution < 1.29 is 19.1 Å². The molecule has 0 aliphatic heterocycles. The van der Waals surface area contributed by atoms with Crippen LogP contribution in [0.1, 0.15) is 20.8 Å². The Balaban J connectivity index is 1.60. The molecule has 27 heavy (non-hydrogen) atoms. The van der Waals surface area contributed by atoms with Gasteiger partial charge in [0.1, 0.15) is 17.2 Å². The summed E-state index contributed by atoms with van der Waals surface area (Å²) < 4.78 is 4.46. The number of nitrogens with zero attached hydrogens (tertiary/aromatic N) is 1. The zero-order chi connectivity index (χ0) is 19.2. The highest BCUT2D eigenvalue weighted by atomic mass is 32.1. The fraction of sp³-hybridized carbons (Fsp3) is 0.111. The Kier molecular flexibility index (Phi) is 5.94. The Morgan fingerprint density at radius 2 is 1.85 bits per heavy atom. The molecule has 1 aromatic carbocycles. The van der Waals surface area contributed by atoms with Crippen LogP contribution in [0.5, 0.6) is 0 Å². The zero-order valence-electron chi connectivity index (χ0n) is 14.2. The predicted molar refractivity (Wildman–Crippen MR) is 104 cm³/mol. The number of benzene rings is 1. The van der Waals surface area contributed by atoms with Gasteiger partial charge < -0.3 is 15.4 Å². The van der Waals surface area contributed by atoms with Crippen molar-refractivity contribution in [3.05, 3.63) is 58.4 Å². The molecule has 9 heteroatoms. The van der Waals surface area contributed by atoms with Gasteiger partial charge in [0.15, 0.2) is 0 Å². The molecule has 0 aliphatic rings. The van der Waals surface area contributed by atoms with E-state index >= 15 is 0 Å². The number of hydrogen-bond donors (Lipinski definition) is 2. The maximum absolute atomic E-state index is 12.3. The van der Waals surface area contributed by atoms with Crippen LogP contribution in [0.2, 0.25) is 0 Å². The number of esters is 1. The third-order valence-electron chi connectivity index (χ3n) is 3.49. The van der Waals surface area contributed by atoms with Crippen molar-refractivity contribution in [1.29, 1.82) is 0 Å². The van der Waals surface area contributed by atoms with E-state index in [1.807, 2.05) is 17.5 Å². The third kappa shape index (κ3) is 4.78. The molecule has 0 bridgehead atoms. The number of methoxy groups -OCH3 is 1. The Bertz CT molecular complexity index is 949. The van der Waals surface area contributed by atoms with Crippen LogP contribution < -0.4 is 10.6 Å². The van der Waals surface area contributed by atoms with Gasteiger partial charge in [-0.25, -0.2) is 4.98 Å². The second kappa shape index (κ2) is 8.56. The van der Waals surface area contributed by atoms with Crippen LogP contribution in [0.25, 0.3) is 9.88 Å². The molecule has 2 heterocycles. The first-order valence-electron chi connectivity index (χ1n) is 7.82. The fourth-order valence-electron chi connectivity index (χ4n) is 2.12. The van der Waals surface area contributed by atoms with Crippen LogP contribution in [0.4, 0.5) is 5.69 Å². The van der Waals surface area contributed by atoms with Gasteiger partial charge in [-0.15, -0.1) is 22.7 Å². The number of ether oxygens (including phenoxy) is 1.